The summed E-state index contributed by atoms with van der Waals surface area (Å²) in [6.07, 6.45) is 5.95. The van der Waals surface area contributed by atoms with Crippen LogP contribution in [0.3, 0.4) is 0 Å². The maximum atomic E-state index is 9.94. The highest BCUT2D eigenvalue weighted by Crippen LogP contribution is 2.28. The quantitative estimate of drug-likeness (QED) is 0.899. The van der Waals surface area contributed by atoms with Crippen molar-refractivity contribution >= 4 is 17.4 Å². The van der Waals surface area contributed by atoms with E-state index in [0.717, 1.165) is 38.2 Å². The maximum Gasteiger partial charge on any atom is 0.171 e. The van der Waals surface area contributed by atoms with Gasteiger partial charge in [-0.15, -0.1) is 0 Å². The molecule has 1 aliphatic heterocycles. The SMILES string of the molecule is CCC[C@@H]1CN(c2nccnc2Cl)CC[C@@H]1O. The number of hydrogen-bond donors (Lipinski definition) is 1. The van der Waals surface area contributed by atoms with Crippen LogP contribution < -0.4 is 4.90 Å². The Bertz CT molecular complexity index is 375. The molecule has 0 aliphatic carbocycles. The van der Waals surface area contributed by atoms with Gasteiger partial charge in [-0.3, -0.25) is 0 Å². The number of halogens is 1. The lowest BCUT2D eigenvalue weighted by Gasteiger charge is -2.36. The Labute approximate surface area is 107 Å². The zero-order valence-electron chi connectivity index (χ0n) is 10.0. The van der Waals surface area contributed by atoms with Crippen molar-refractivity contribution in [3.05, 3.63) is 17.5 Å². The van der Waals surface area contributed by atoms with E-state index in [-0.39, 0.29) is 6.10 Å². The first-order valence-corrected chi connectivity index (χ1v) is 6.49. The molecular formula is C12H18ClN3O. The number of rotatable bonds is 3. The molecule has 1 aromatic rings. The van der Waals surface area contributed by atoms with Gasteiger partial charge < -0.3 is 10.0 Å². The normalized spacial score (nSPS) is 25.0. The molecule has 0 spiro atoms. The minimum absolute atomic E-state index is 0.193. The largest absolute Gasteiger partial charge is 0.393 e. The number of aliphatic hydroxyl groups excluding tert-OH is 1. The van der Waals surface area contributed by atoms with Crippen LogP contribution in [0.15, 0.2) is 12.4 Å². The van der Waals surface area contributed by atoms with Gasteiger partial charge in [0.25, 0.3) is 0 Å². The Morgan fingerprint density at radius 1 is 1.47 bits per heavy atom. The van der Waals surface area contributed by atoms with Gasteiger partial charge in [-0.05, 0) is 12.8 Å². The molecule has 0 aromatic carbocycles. The summed E-state index contributed by atoms with van der Waals surface area (Å²) in [6.45, 7) is 3.74. The molecule has 1 N–H and O–H groups in total. The first-order valence-electron chi connectivity index (χ1n) is 6.12. The van der Waals surface area contributed by atoms with E-state index in [1.54, 1.807) is 12.4 Å². The number of nitrogens with zero attached hydrogens (tertiary/aromatic N) is 3. The fourth-order valence-corrected chi connectivity index (χ4v) is 2.62. The summed E-state index contributed by atoms with van der Waals surface area (Å²) in [6, 6.07) is 0. The summed E-state index contributed by atoms with van der Waals surface area (Å²) in [5.74, 6) is 1.05. The molecule has 94 valence electrons. The third-order valence-corrected chi connectivity index (χ3v) is 3.56. The second kappa shape index (κ2) is 5.65. The summed E-state index contributed by atoms with van der Waals surface area (Å²) in [5, 5.41) is 10.4. The maximum absolute atomic E-state index is 9.94. The van der Waals surface area contributed by atoms with Crippen LogP contribution in [0.4, 0.5) is 5.82 Å². The highest BCUT2D eigenvalue weighted by Gasteiger charge is 2.28. The zero-order chi connectivity index (χ0) is 12.3. The van der Waals surface area contributed by atoms with Gasteiger partial charge in [-0.2, -0.15) is 0 Å². The lowest BCUT2D eigenvalue weighted by Crippen LogP contribution is -2.43. The highest BCUT2D eigenvalue weighted by molar-refractivity contribution is 6.31. The minimum Gasteiger partial charge on any atom is -0.393 e. The number of aromatic nitrogens is 2. The van der Waals surface area contributed by atoms with Crippen LogP contribution >= 0.6 is 11.6 Å². The molecule has 5 heteroatoms. The number of aliphatic hydroxyl groups is 1. The number of anilines is 1. The van der Waals surface area contributed by atoms with Gasteiger partial charge in [-0.25, -0.2) is 9.97 Å². The average Bonchev–Trinajstić information content (AvgIpc) is 2.33. The highest BCUT2D eigenvalue weighted by atomic mass is 35.5. The van der Waals surface area contributed by atoms with Gasteiger partial charge in [0.05, 0.1) is 6.10 Å². The zero-order valence-corrected chi connectivity index (χ0v) is 10.8. The molecule has 1 fully saturated rings. The van der Waals surface area contributed by atoms with Crippen LogP contribution in [0.2, 0.25) is 5.15 Å². The molecule has 2 heterocycles. The third kappa shape index (κ3) is 2.87. The predicted octanol–water partition coefficient (Wildman–Crippen LogP) is 2.12. The summed E-state index contributed by atoms with van der Waals surface area (Å²) in [4.78, 5) is 10.4. The average molecular weight is 256 g/mol. The van der Waals surface area contributed by atoms with E-state index < -0.39 is 0 Å². The molecule has 0 bridgehead atoms. The molecule has 0 unspecified atom stereocenters. The van der Waals surface area contributed by atoms with Gasteiger partial charge in [-0.1, -0.05) is 24.9 Å². The van der Waals surface area contributed by atoms with Crippen molar-refractivity contribution < 1.29 is 5.11 Å². The van der Waals surface area contributed by atoms with Crippen LogP contribution in [0.1, 0.15) is 26.2 Å². The fourth-order valence-electron chi connectivity index (χ4n) is 2.39. The van der Waals surface area contributed by atoms with E-state index in [1.165, 1.54) is 0 Å². The molecule has 4 nitrogen and oxygen atoms in total. The first kappa shape index (κ1) is 12.6. The summed E-state index contributed by atoms with van der Waals surface area (Å²) >= 11 is 6.04. The van der Waals surface area contributed by atoms with Crippen molar-refractivity contribution in [2.45, 2.75) is 32.3 Å². The monoisotopic (exact) mass is 255 g/mol. The van der Waals surface area contributed by atoms with Crippen LogP contribution in [-0.2, 0) is 0 Å². The lowest BCUT2D eigenvalue weighted by atomic mass is 9.91. The second-order valence-corrected chi connectivity index (χ2v) is 4.88. The molecule has 2 rings (SSSR count). The van der Waals surface area contributed by atoms with Crippen molar-refractivity contribution in [2.75, 3.05) is 18.0 Å². The molecule has 17 heavy (non-hydrogen) atoms. The van der Waals surface area contributed by atoms with E-state index >= 15 is 0 Å². The van der Waals surface area contributed by atoms with Gasteiger partial charge >= 0.3 is 0 Å². The summed E-state index contributed by atoms with van der Waals surface area (Å²) in [7, 11) is 0. The van der Waals surface area contributed by atoms with Crippen LogP contribution in [0.5, 0.6) is 0 Å². The van der Waals surface area contributed by atoms with Crippen molar-refractivity contribution in [3.63, 3.8) is 0 Å². The van der Waals surface area contributed by atoms with E-state index in [9.17, 15) is 5.11 Å². The predicted molar refractivity (Wildman–Crippen MR) is 68.3 cm³/mol. The van der Waals surface area contributed by atoms with Gasteiger partial charge in [0.15, 0.2) is 11.0 Å². The molecule has 0 saturated carbocycles. The fraction of sp³-hybridized carbons (Fsp3) is 0.667. The minimum atomic E-state index is -0.193. The molecule has 1 saturated heterocycles. The topological polar surface area (TPSA) is 49.2 Å². The van der Waals surface area contributed by atoms with Gasteiger partial charge in [0, 0.05) is 31.4 Å². The van der Waals surface area contributed by atoms with Crippen LogP contribution in [0.25, 0.3) is 0 Å². The van der Waals surface area contributed by atoms with Gasteiger partial charge in [0.2, 0.25) is 0 Å². The Kier molecular flexibility index (Phi) is 4.18. The van der Waals surface area contributed by atoms with Crippen molar-refractivity contribution in [3.8, 4) is 0 Å². The van der Waals surface area contributed by atoms with E-state index in [4.69, 9.17) is 11.6 Å². The van der Waals surface area contributed by atoms with Gasteiger partial charge in [0.1, 0.15) is 0 Å². The Balaban J connectivity index is 2.10. The lowest BCUT2D eigenvalue weighted by molar-refractivity contribution is 0.0828. The Morgan fingerprint density at radius 2 is 2.24 bits per heavy atom. The number of hydrogen-bond acceptors (Lipinski definition) is 4. The standard InChI is InChI=1S/C12H18ClN3O/c1-2-3-9-8-16(7-4-10(9)17)12-11(13)14-5-6-15-12/h5-6,9-10,17H,2-4,7-8H2,1H3/t9-,10+/m1/s1. The molecular weight excluding hydrogens is 238 g/mol. The summed E-state index contributed by atoms with van der Waals surface area (Å²) in [5.41, 5.74) is 0. The van der Waals surface area contributed by atoms with Crippen molar-refractivity contribution in [1.29, 1.82) is 0 Å². The number of piperidine rings is 1. The molecule has 0 amide bonds. The molecule has 2 atom stereocenters. The smallest absolute Gasteiger partial charge is 0.171 e. The van der Waals surface area contributed by atoms with Crippen LogP contribution in [-0.4, -0.2) is 34.3 Å². The van der Waals surface area contributed by atoms with Crippen molar-refractivity contribution in [2.24, 2.45) is 5.92 Å². The Morgan fingerprint density at radius 3 is 2.94 bits per heavy atom. The second-order valence-electron chi connectivity index (χ2n) is 4.52. The molecule has 0 radical (unpaired) electrons. The first-order chi connectivity index (χ1) is 8.22. The Hall–Kier alpha value is -0.870. The molecule has 1 aromatic heterocycles. The van der Waals surface area contributed by atoms with E-state index in [2.05, 4.69) is 21.8 Å². The third-order valence-electron chi connectivity index (χ3n) is 3.29. The van der Waals surface area contributed by atoms with E-state index in [0.29, 0.717) is 11.1 Å². The van der Waals surface area contributed by atoms with Crippen molar-refractivity contribution in [1.82, 2.24) is 9.97 Å². The van der Waals surface area contributed by atoms with E-state index in [1.807, 2.05) is 0 Å². The molecule has 1 aliphatic rings. The van der Waals surface area contributed by atoms with Crippen LogP contribution in [0, 0.1) is 5.92 Å². The summed E-state index contributed by atoms with van der Waals surface area (Å²) < 4.78 is 0.